The molecule has 1 fully saturated rings. The molecule has 2 rings (SSSR count). The van der Waals surface area contributed by atoms with E-state index in [4.69, 9.17) is 0 Å². The van der Waals surface area contributed by atoms with Crippen LogP contribution in [0.5, 0.6) is 0 Å². The Balaban J connectivity index is 2.32. The zero-order valence-corrected chi connectivity index (χ0v) is 9.45. The summed E-state index contributed by atoms with van der Waals surface area (Å²) in [6.45, 7) is 0. The van der Waals surface area contributed by atoms with Crippen molar-refractivity contribution in [2.75, 3.05) is 0 Å². The van der Waals surface area contributed by atoms with Gasteiger partial charge in [-0.05, 0) is 37.5 Å². The fourth-order valence-electron chi connectivity index (χ4n) is 2.04. The van der Waals surface area contributed by atoms with Crippen molar-refractivity contribution in [1.29, 1.82) is 0 Å². The minimum Gasteiger partial charge on any atom is -0.393 e. The number of aliphatic hydroxyl groups is 1. The third kappa shape index (κ3) is 2.10. The second-order valence-electron chi connectivity index (χ2n) is 4.09. The maximum atomic E-state index is 12.9. The first-order valence-electron chi connectivity index (χ1n) is 5.17. The number of hydrogen-bond donors (Lipinski definition) is 1. The lowest BCUT2D eigenvalue weighted by Crippen LogP contribution is -2.19. The molecule has 2 atom stereocenters. The molecular weight excluding hydrogens is 231 g/mol. The van der Waals surface area contributed by atoms with Gasteiger partial charge in [0.1, 0.15) is 5.82 Å². The van der Waals surface area contributed by atoms with Crippen LogP contribution in [0.2, 0.25) is 0 Å². The van der Waals surface area contributed by atoms with Gasteiger partial charge in [-0.3, -0.25) is 0 Å². The van der Waals surface area contributed by atoms with Crippen LogP contribution >= 0.6 is 0 Å². The number of hydrogen-bond acceptors (Lipinski definition) is 3. The maximum absolute atomic E-state index is 12.9. The third-order valence-electron chi connectivity index (χ3n) is 2.92. The van der Waals surface area contributed by atoms with Crippen LogP contribution in [-0.4, -0.2) is 24.9 Å². The van der Waals surface area contributed by atoms with Gasteiger partial charge in [-0.25, -0.2) is 12.8 Å². The first kappa shape index (κ1) is 11.5. The van der Waals surface area contributed by atoms with Gasteiger partial charge < -0.3 is 5.11 Å². The molecule has 0 saturated heterocycles. The zero-order chi connectivity index (χ0) is 11.8. The second kappa shape index (κ2) is 4.14. The summed E-state index contributed by atoms with van der Waals surface area (Å²) in [7, 11) is -3.49. The summed E-state index contributed by atoms with van der Waals surface area (Å²) in [5.41, 5.74) is 0. The van der Waals surface area contributed by atoms with E-state index in [1.165, 1.54) is 18.2 Å². The second-order valence-corrected chi connectivity index (χ2v) is 6.32. The summed E-state index contributed by atoms with van der Waals surface area (Å²) < 4.78 is 37.1. The number of rotatable bonds is 2. The van der Waals surface area contributed by atoms with Gasteiger partial charge in [0.2, 0.25) is 0 Å². The summed E-state index contributed by atoms with van der Waals surface area (Å²) >= 11 is 0. The Morgan fingerprint density at radius 2 is 2.06 bits per heavy atom. The molecule has 5 heteroatoms. The highest BCUT2D eigenvalue weighted by Crippen LogP contribution is 2.29. The molecule has 3 nitrogen and oxygen atoms in total. The quantitative estimate of drug-likeness (QED) is 0.858. The van der Waals surface area contributed by atoms with E-state index in [1.54, 1.807) is 0 Å². The Morgan fingerprint density at radius 1 is 1.31 bits per heavy atom. The van der Waals surface area contributed by atoms with Crippen LogP contribution in [0.25, 0.3) is 0 Å². The Kier molecular flexibility index (Phi) is 2.99. The van der Waals surface area contributed by atoms with E-state index >= 15 is 0 Å². The molecule has 1 aliphatic rings. The highest BCUT2D eigenvalue weighted by molar-refractivity contribution is 7.92. The van der Waals surface area contributed by atoms with E-state index in [1.807, 2.05) is 0 Å². The van der Waals surface area contributed by atoms with Crippen molar-refractivity contribution >= 4 is 9.84 Å². The Labute approximate surface area is 93.8 Å². The van der Waals surface area contributed by atoms with Crippen LogP contribution in [0.1, 0.15) is 19.3 Å². The van der Waals surface area contributed by atoms with Crippen molar-refractivity contribution in [3.63, 3.8) is 0 Å². The molecule has 0 aromatic heterocycles. The zero-order valence-electron chi connectivity index (χ0n) is 8.64. The number of aliphatic hydroxyl groups excluding tert-OH is 1. The first-order valence-corrected chi connectivity index (χ1v) is 6.72. The van der Waals surface area contributed by atoms with Crippen molar-refractivity contribution in [3.8, 4) is 0 Å². The fourth-order valence-corrected chi connectivity index (χ4v) is 3.89. The average Bonchev–Trinajstić information content (AvgIpc) is 2.65. The van der Waals surface area contributed by atoms with E-state index in [9.17, 15) is 17.9 Å². The number of halogens is 1. The van der Waals surface area contributed by atoms with Gasteiger partial charge in [-0.15, -0.1) is 0 Å². The average molecular weight is 244 g/mol. The monoisotopic (exact) mass is 244 g/mol. The van der Waals surface area contributed by atoms with E-state index in [0.29, 0.717) is 12.8 Å². The highest BCUT2D eigenvalue weighted by Gasteiger charge is 2.34. The third-order valence-corrected chi connectivity index (χ3v) is 5.14. The van der Waals surface area contributed by atoms with E-state index < -0.39 is 27.0 Å². The predicted molar refractivity (Wildman–Crippen MR) is 57.2 cm³/mol. The molecule has 2 unspecified atom stereocenters. The molecule has 0 heterocycles. The first-order chi connectivity index (χ1) is 7.50. The lowest BCUT2D eigenvalue weighted by molar-refractivity contribution is 0.183. The van der Waals surface area contributed by atoms with Gasteiger partial charge in [-0.1, -0.05) is 6.07 Å². The van der Waals surface area contributed by atoms with Gasteiger partial charge >= 0.3 is 0 Å². The molecule has 1 aromatic carbocycles. The van der Waals surface area contributed by atoms with Crippen molar-refractivity contribution in [2.45, 2.75) is 35.5 Å². The molecule has 1 saturated carbocycles. The van der Waals surface area contributed by atoms with Crippen LogP contribution in [0.15, 0.2) is 29.2 Å². The molecule has 0 bridgehead atoms. The van der Waals surface area contributed by atoms with Crippen LogP contribution < -0.4 is 0 Å². The number of sulfone groups is 1. The molecule has 1 N–H and O–H groups in total. The van der Waals surface area contributed by atoms with Crippen molar-refractivity contribution < 1.29 is 17.9 Å². The van der Waals surface area contributed by atoms with E-state index in [-0.39, 0.29) is 11.3 Å². The lowest BCUT2D eigenvalue weighted by Gasteiger charge is -2.11. The Hall–Kier alpha value is -0.940. The molecule has 1 aliphatic carbocycles. The Morgan fingerprint density at radius 3 is 2.62 bits per heavy atom. The smallest absolute Gasteiger partial charge is 0.181 e. The summed E-state index contributed by atoms with van der Waals surface area (Å²) in [5, 5.41) is 8.75. The minimum absolute atomic E-state index is 0.00611. The molecule has 0 spiro atoms. The van der Waals surface area contributed by atoms with E-state index in [2.05, 4.69) is 0 Å². The fraction of sp³-hybridized carbons (Fsp3) is 0.455. The molecule has 88 valence electrons. The largest absolute Gasteiger partial charge is 0.393 e. The van der Waals surface area contributed by atoms with Gasteiger partial charge in [0.15, 0.2) is 9.84 Å². The van der Waals surface area contributed by atoms with Gasteiger partial charge in [0, 0.05) is 0 Å². The SMILES string of the molecule is O=S(=O)(c1cccc(F)c1)C1CCC(O)C1. The lowest BCUT2D eigenvalue weighted by atomic mass is 10.3. The Bertz CT molecular complexity index is 484. The summed E-state index contributed by atoms with van der Waals surface area (Å²) in [6, 6.07) is 5.01. The number of benzene rings is 1. The maximum Gasteiger partial charge on any atom is 0.181 e. The molecule has 0 radical (unpaired) electrons. The van der Waals surface area contributed by atoms with Crippen molar-refractivity contribution in [1.82, 2.24) is 0 Å². The van der Waals surface area contributed by atoms with Crippen molar-refractivity contribution in [2.24, 2.45) is 0 Å². The van der Waals surface area contributed by atoms with Crippen LogP contribution in [-0.2, 0) is 9.84 Å². The highest BCUT2D eigenvalue weighted by atomic mass is 32.2. The normalized spacial score (nSPS) is 25.9. The molecule has 16 heavy (non-hydrogen) atoms. The minimum atomic E-state index is -3.49. The molecule has 0 amide bonds. The van der Waals surface area contributed by atoms with Crippen LogP contribution in [0, 0.1) is 5.82 Å². The summed E-state index contributed by atoms with van der Waals surface area (Å²) in [4.78, 5) is 0.00611. The topological polar surface area (TPSA) is 54.4 Å². The van der Waals surface area contributed by atoms with E-state index in [0.717, 1.165) is 6.07 Å². The van der Waals surface area contributed by atoms with Crippen LogP contribution in [0.3, 0.4) is 0 Å². The molecule has 1 aromatic rings. The molecular formula is C11H13FO3S. The van der Waals surface area contributed by atoms with Gasteiger partial charge in [-0.2, -0.15) is 0 Å². The predicted octanol–water partition coefficient (Wildman–Crippen LogP) is 1.51. The van der Waals surface area contributed by atoms with Gasteiger partial charge in [0.05, 0.1) is 16.2 Å². The van der Waals surface area contributed by atoms with Crippen LogP contribution in [0.4, 0.5) is 4.39 Å². The summed E-state index contributed by atoms with van der Waals surface area (Å²) in [5.74, 6) is -0.556. The van der Waals surface area contributed by atoms with Gasteiger partial charge in [0.25, 0.3) is 0 Å². The summed E-state index contributed by atoms with van der Waals surface area (Å²) in [6.07, 6.45) is 0.645. The molecule has 0 aliphatic heterocycles. The standard InChI is InChI=1S/C11H13FO3S/c12-8-2-1-3-10(6-8)16(14,15)11-5-4-9(13)7-11/h1-3,6,9,11,13H,4-5,7H2. The van der Waals surface area contributed by atoms with Crippen molar-refractivity contribution in [3.05, 3.63) is 30.1 Å².